The van der Waals surface area contributed by atoms with Gasteiger partial charge in [0.2, 0.25) is 0 Å². The molecule has 3 rings (SSSR count). The van der Waals surface area contributed by atoms with Gasteiger partial charge in [0, 0.05) is 12.4 Å². The van der Waals surface area contributed by atoms with E-state index in [9.17, 15) is 4.79 Å². The van der Waals surface area contributed by atoms with Gasteiger partial charge in [0.15, 0.2) is 4.77 Å². The fraction of sp³-hybridized carbons (Fsp3) is 0.0714. The van der Waals surface area contributed by atoms with Gasteiger partial charge in [-0.05, 0) is 42.0 Å². The monoisotopic (exact) mass is 269 g/mol. The second-order valence-electron chi connectivity index (χ2n) is 4.22. The van der Waals surface area contributed by atoms with Crippen LogP contribution in [-0.4, -0.2) is 14.5 Å². The molecule has 0 amide bonds. The van der Waals surface area contributed by atoms with Gasteiger partial charge in [-0.15, -0.1) is 0 Å². The minimum Gasteiger partial charge on any atom is -0.332 e. The molecule has 19 heavy (non-hydrogen) atoms. The molecule has 0 fully saturated rings. The van der Waals surface area contributed by atoms with Gasteiger partial charge >= 0.3 is 0 Å². The van der Waals surface area contributed by atoms with Gasteiger partial charge in [-0.1, -0.05) is 12.1 Å². The summed E-state index contributed by atoms with van der Waals surface area (Å²) in [6.45, 7) is 0.446. The van der Waals surface area contributed by atoms with E-state index in [1.54, 1.807) is 23.0 Å². The summed E-state index contributed by atoms with van der Waals surface area (Å²) in [7, 11) is 0. The average Bonchev–Trinajstić information content (AvgIpc) is 2.45. The molecule has 0 aliphatic rings. The number of H-pyrrole nitrogens is 1. The first-order valence-electron chi connectivity index (χ1n) is 5.86. The summed E-state index contributed by atoms with van der Waals surface area (Å²) in [4.78, 5) is 19.5. The molecule has 0 radical (unpaired) electrons. The Kier molecular flexibility index (Phi) is 2.97. The molecular formula is C14H11N3OS. The van der Waals surface area contributed by atoms with Crippen LogP contribution < -0.4 is 5.56 Å². The van der Waals surface area contributed by atoms with E-state index < -0.39 is 0 Å². The van der Waals surface area contributed by atoms with Crippen LogP contribution in [0.2, 0.25) is 0 Å². The lowest BCUT2D eigenvalue weighted by molar-refractivity contribution is 0.733. The van der Waals surface area contributed by atoms with Crippen molar-refractivity contribution in [3.63, 3.8) is 0 Å². The molecule has 4 nitrogen and oxygen atoms in total. The van der Waals surface area contributed by atoms with Gasteiger partial charge in [-0.2, -0.15) is 0 Å². The Hall–Kier alpha value is -2.27. The summed E-state index contributed by atoms with van der Waals surface area (Å²) >= 11 is 5.26. The molecule has 94 valence electrons. The molecule has 2 heterocycles. The smallest absolute Gasteiger partial charge is 0.262 e. The van der Waals surface area contributed by atoms with Crippen molar-refractivity contribution >= 4 is 23.1 Å². The van der Waals surface area contributed by atoms with Crippen molar-refractivity contribution in [2.75, 3.05) is 0 Å². The molecule has 3 aromatic rings. The second-order valence-corrected chi connectivity index (χ2v) is 4.61. The normalized spacial score (nSPS) is 10.7. The highest BCUT2D eigenvalue weighted by Crippen LogP contribution is 2.07. The molecule has 1 N–H and O–H groups in total. The zero-order chi connectivity index (χ0) is 13.2. The molecule has 0 atom stereocenters. The molecule has 5 heteroatoms. The number of nitrogens with one attached hydrogen (secondary N) is 1. The largest absolute Gasteiger partial charge is 0.332 e. The van der Waals surface area contributed by atoms with Crippen molar-refractivity contribution in [1.29, 1.82) is 0 Å². The van der Waals surface area contributed by atoms with Gasteiger partial charge in [-0.3, -0.25) is 14.3 Å². The fourth-order valence-corrected chi connectivity index (χ4v) is 2.27. The molecule has 1 aromatic carbocycles. The first-order valence-corrected chi connectivity index (χ1v) is 6.27. The summed E-state index contributed by atoms with van der Waals surface area (Å²) < 4.78 is 1.99. The highest BCUT2D eigenvalue weighted by Gasteiger charge is 2.05. The summed E-state index contributed by atoms with van der Waals surface area (Å²) in [5.74, 6) is 0. The molecular weight excluding hydrogens is 258 g/mol. The van der Waals surface area contributed by atoms with Crippen LogP contribution in [-0.2, 0) is 6.54 Å². The maximum atomic E-state index is 12.4. The third-order valence-corrected chi connectivity index (χ3v) is 3.30. The van der Waals surface area contributed by atoms with E-state index in [-0.39, 0.29) is 5.56 Å². The number of rotatable bonds is 2. The molecule has 0 unspecified atom stereocenters. The van der Waals surface area contributed by atoms with E-state index in [1.165, 1.54) is 0 Å². The van der Waals surface area contributed by atoms with Crippen LogP contribution in [0.3, 0.4) is 0 Å². The van der Waals surface area contributed by atoms with E-state index in [1.807, 2.05) is 30.3 Å². The van der Waals surface area contributed by atoms with E-state index in [4.69, 9.17) is 12.2 Å². The lowest BCUT2D eigenvalue weighted by Crippen LogP contribution is -2.22. The third kappa shape index (κ3) is 2.20. The number of hydrogen-bond donors (Lipinski definition) is 1. The molecule has 2 aromatic heterocycles. The molecule has 0 bridgehead atoms. The number of nitrogens with zero attached hydrogens (tertiary/aromatic N) is 2. The lowest BCUT2D eigenvalue weighted by atomic mass is 10.2. The van der Waals surface area contributed by atoms with Crippen LogP contribution in [0.25, 0.3) is 10.9 Å². The van der Waals surface area contributed by atoms with E-state index >= 15 is 0 Å². The number of hydrogen-bond acceptors (Lipinski definition) is 3. The quantitative estimate of drug-likeness (QED) is 0.727. The first-order chi connectivity index (χ1) is 9.25. The van der Waals surface area contributed by atoms with E-state index in [0.29, 0.717) is 16.7 Å². The average molecular weight is 269 g/mol. The van der Waals surface area contributed by atoms with Gasteiger partial charge in [-0.25, -0.2) is 0 Å². The van der Waals surface area contributed by atoms with Crippen LogP contribution in [0, 0.1) is 4.77 Å². The van der Waals surface area contributed by atoms with E-state index in [2.05, 4.69) is 9.97 Å². The Morgan fingerprint density at radius 2 is 1.89 bits per heavy atom. The summed E-state index contributed by atoms with van der Waals surface area (Å²) in [5, 5.41) is 0.644. The SMILES string of the molecule is O=c1c2ccccc2[nH]c(=S)n1Cc1ccncc1. The Balaban J connectivity index is 2.19. The first kappa shape index (κ1) is 11.8. The van der Waals surface area contributed by atoms with Crippen LogP contribution >= 0.6 is 12.2 Å². The van der Waals surface area contributed by atoms with Crippen LogP contribution in [0.4, 0.5) is 0 Å². The molecule has 0 aliphatic carbocycles. The highest BCUT2D eigenvalue weighted by atomic mass is 32.1. The Morgan fingerprint density at radius 3 is 2.68 bits per heavy atom. The maximum Gasteiger partial charge on any atom is 0.262 e. The van der Waals surface area contributed by atoms with Crippen molar-refractivity contribution in [2.24, 2.45) is 0 Å². The lowest BCUT2D eigenvalue weighted by Gasteiger charge is -2.07. The number of para-hydroxylation sites is 1. The summed E-state index contributed by atoms with van der Waals surface area (Å²) in [6, 6.07) is 11.1. The molecule has 0 saturated carbocycles. The number of benzene rings is 1. The van der Waals surface area contributed by atoms with Crippen molar-refractivity contribution in [3.05, 3.63) is 69.5 Å². The van der Waals surface area contributed by atoms with Crippen LogP contribution in [0.15, 0.2) is 53.6 Å². The maximum absolute atomic E-state index is 12.4. The van der Waals surface area contributed by atoms with Gasteiger partial charge in [0.25, 0.3) is 5.56 Å². The molecule has 0 saturated heterocycles. The minimum atomic E-state index is -0.0730. The van der Waals surface area contributed by atoms with E-state index in [0.717, 1.165) is 11.1 Å². The Bertz CT molecular complexity index is 836. The second kappa shape index (κ2) is 4.78. The topological polar surface area (TPSA) is 50.7 Å². The van der Waals surface area contributed by atoms with Gasteiger partial charge < -0.3 is 4.98 Å². The fourth-order valence-electron chi connectivity index (χ4n) is 2.01. The molecule has 0 aliphatic heterocycles. The summed E-state index contributed by atoms with van der Waals surface area (Å²) in [5.41, 5.74) is 1.69. The predicted octanol–water partition coefficient (Wildman–Crippen LogP) is 2.50. The van der Waals surface area contributed by atoms with Crippen molar-refractivity contribution in [2.45, 2.75) is 6.54 Å². The van der Waals surface area contributed by atoms with Crippen LogP contribution in [0.5, 0.6) is 0 Å². The number of aromatic nitrogens is 3. The van der Waals surface area contributed by atoms with Crippen molar-refractivity contribution < 1.29 is 0 Å². The third-order valence-electron chi connectivity index (χ3n) is 2.98. The number of fused-ring (bicyclic) bond motifs is 1. The minimum absolute atomic E-state index is 0.0730. The highest BCUT2D eigenvalue weighted by molar-refractivity contribution is 7.71. The Labute approximate surface area is 114 Å². The predicted molar refractivity (Wildman–Crippen MR) is 76.7 cm³/mol. The number of pyridine rings is 1. The number of aromatic amines is 1. The zero-order valence-electron chi connectivity index (χ0n) is 10.0. The molecule has 0 spiro atoms. The van der Waals surface area contributed by atoms with Gasteiger partial charge in [0.05, 0.1) is 17.4 Å². The summed E-state index contributed by atoms with van der Waals surface area (Å²) in [6.07, 6.45) is 3.41. The standard InChI is InChI=1S/C14H11N3OS/c18-13-11-3-1-2-4-12(11)16-14(19)17(13)9-10-5-7-15-8-6-10/h1-8H,9H2,(H,16,19). The zero-order valence-corrected chi connectivity index (χ0v) is 10.9. The Morgan fingerprint density at radius 1 is 1.16 bits per heavy atom. The van der Waals surface area contributed by atoms with Crippen molar-refractivity contribution in [3.8, 4) is 0 Å². The van der Waals surface area contributed by atoms with Crippen molar-refractivity contribution in [1.82, 2.24) is 14.5 Å². The van der Waals surface area contributed by atoms with Crippen LogP contribution in [0.1, 0.15) is 5.56 Å². The van der Waals surface area contributed by atoms with Gasteiger partial charge in [0.1, 0.15) is 0 Å².